The van der Waals surface area contributed by atoms with Gasteiger partial charge in [0.15, 0.2) is 0 Å². The third-order valence-electron chi connectivity index (χ3n) is 5.61. The van der Waals surface area contributed by atoms with Crippen molar-refractivity contribution in [1.82, 2.24) is 9.62 Å². The first-order valence-electron chi connectivity index (χ1n) is 10.3. The van der Waals surface area contributed by atoms with Gasteiger partial charge in [-0.15, -0.1) is 0 Å². The Labute approximate surface area is 197 Å². The predicted octanol–water partition coefficient (Wildman–Crippen LogP) is 2.87. The normalized spacial score (nSPS) is 15.7. The van der Waals surface area contributed by atoms with Crippen LogP contribution in [0.15, 0.2) is 77.7 Å². The molecule has 3 aromatic rings. The largest absolute Gasteiger partial charge is 0.368 e. The van der Waals surface area contributed by atoms with Crippen LogP contribution in [0.3, 0.4) is 0 Å². The van der Waals surface area contributed by atoms with Gasteiger partial charge in [-0.05, 0) is 34.9 Å². The minimum atomic E-state index is -4.00. The highest BCUT2D eigenvalue weighted by molar-refractivity contribution is 7.89. The summed E-state index contributed by atoms with van der Waals surface area (Å²) < 4.78 is 28.3. The molecular formula is C24H22ClN3O4S. The van der Waals surface area contributed by atoms with Crippen LogP contribution in [0.2, 0.25) is 5.02 Å². The number of nitrogens with zero attached hydrogens (tertiary/aromatic N) is 1. The van der Waals surface area contributed by atoms with Gasteiger partial charge in [-0.2, -0.15) is 0 Å². The molecule has 0 aliphatic carbocycles. The first kappa shape index (κ1) is 23.0. The molecule has 3 N–H and O–H groups in total. The van der Waals surface area contributed by atoms with E-state index in [9.17, 15) is 18.0 Å². The van der Waals surface area contributed by atoms with Gasteiger partial charge < -0.3 is 10.6 Å². The first-order valence-corrected chi connectivity index (χ1v) is 12.1. The highest BCUT2D eigenvalue weighted by Gasteiger charge is 2.34. The lowest BCUT2D eigenvalue weighted by Gasteiger charge is -2.35. The van der Waals surface area contributed by atoms with E-state index in [-0.39, 0.29) is 28.6 Å². The van der Waals surface area contributed by atoms with Crippen molar-refractivity contribution in [3.63, 3.8) is 0 Å². The third kappa shape index (κ3) is 4.93. The van der Waals surface area contributed by atoms with Gasteiger partial charge in [-0.1, -0.05) is 66.2 Å². The summed E-state index contributed by atoms with van der Waals surface area (Å²) in [6.45, 7) is 0.268. The number of primary amides is 1. The monoisotopic (exact) mass is 483 g/mol. The van der Waals surface area contributed by atoms with Gasteiger partial charge in [0.2, 0.25) is 15.9 Å². The molecule has 170 valence electrons. The summed E-state index contributed by atoms with van der Waals surface area (Å²) in [5.41, 5.74) is 8.33. The van der Waals surface area contributed by atoms with E-state index in [0.717, 1.165) is 16.7 Å². The predicted molar refractivity (Wildman–Crippen MR) is 125 cm³/mol. The lowest BCUT2D eigenvalue weighted by Crippen LogP contribution is -2.51. The molecule has 1 aliphatic heterocycles. The molecule has 1 atom stereocenters. The average molecular weight is 484 g/mol. The topological polar surface area (TPSA) is 110 Å². The van der Waals surface area contributed by atoms with E-state index in [1.54, 1.807) is 12.1 Å². The van der Waals surface area contributed by atoms with E-state index >= 15 is 0 Å². The van der Waals surface area contributed by atoms with Gasteiger partial charge in [0.05, 0.1) is 5.02 Å². The molecule has 4 rings (SSSR count). The fourth-order valence-corrected chi connectivity index (χ4v) is 5.39. The van der Waals surface area contributed by atoms with Crippen LogP contribution in [0.25, 0.3) is 0 Å². The molecule has 0 spiro atoms. The van der Waals surface area contributed by atoms with E-state index in [4.69, 9.17) is 17.3 Å². The van der Waals surface area contributed by atoms with Gasteiger partial charge >= 0.3 is 0 Å². The number of nitrogens with one attached hydrogen (secondary N) is 1. The van der Waals surface area contributed by atoms with Crippen molar-refractivity contribution >= 4 is 33.4 Å². The standard InChI is InChI=1S/C24H22ClN3O4S/c25-20-11-10-18(13-22(20)33(31,32)27-14-16-6-2-1-3-7-16)24(30)28-15-19-9-5-4-8-17(19)12-21(28)23(26)29/h1-11,13,21,27H,12,14-15H2,(H2,26,29)/t21-/m1/s1. The van der Waals surface area contributed by atoms with E-state index in [1.165, 1.54) is 23.1 Å². The van der Waals surface area contributed by atoms with Crippen LogP contribution < -0.4 is 10.5 Å². The summed E-state index contributed by atoms with van der Waals surface area (Å²) in [6.07, 6.45) is 0.300. The summed E-state index contributed by atoms with van der Waals surface area (Å²) in [5.74, 6) is -1.12. The maximum absolute atomic E-state index is 13.4. The molecule has 1 aliphatic rings. The fourth-order valence-electron chi connectivity index (χ4n) is 3.85. The molecule has 0 radical (unpaired) electrons. The Morgan fingerprint density at radius 2 is 1.67 bits per heavy atom. The van der Waals surface area contributed by atoms with Gasteiger partial charge in [0, 0.05) is 25.1 Å². The number of rotatable bonds is 6. The van der Waals surface area contributed by atoms with Crippen LogP contribution >= 0.6 is 11.6 Å². The number of amides is 2. The second-order valence-corrected chi connectivity index (χ2v) is 9.92. The van der Waals surface area contributed by atoms with Crippen LogP contribution in [0.5, 0.6) is 0 Å². The molecule has 2 amide bonds. The zero-order valence-electron chi connectivity index (χ0n) is 17.6. The highest BCUT2D eigenvalue weighted by Crippen LogP contribution is 2.28. The van der Waals surface area contributed by atoms with E-state index < -0.39 is 27.9 Å². The lowest BCUT2D eigenvalue weighted by atomic mass is 9.93. The van der Waals surface area contributed by atoms with E-state index in [1.807, 2.05) is 42.5 Å². The number of carbonyl (C=O) groups is 2. The number of carbonyl (C=O) groups excluding carboxylic acids is 2. The van der Waals surface area contributed by atoms with Gasteiger partial charge in [-0.25, -0.2) is 13.1 Å². The Kier molecular flexibility index (Phi) is 6.51. The van der Waals surface area contributed by atoms with Crippen molar-refractivity contribution in [2.75, 3.05) is 0 Å². The Morgan fingerprint density at radius 3 is 2.36 bits per heavy atom. The number of hydrogen-bond donors (Lipinski definition) is 2. The van der Waals surface area contributed by atoms with E-state index in [2.05, 4.69) is 4.72 Å². The first-order chi connectivity index (χ1) is 15.8. The van der Waals surface area contributed by atoms with Crippen LogP contribution in [0, 0.1) is 0 Å². The quantitative estimate of drug-likeness (QED) is 0.561. The van der Waals surface area contributed by atoms with Crippen LogP contribution in [0.4, 0.5) is 0 Å². The second kappa shape index (κ2) is 9.35. The van der Waals surface area contributed by atoms with E-state index in [0.29, 0.717) is 6.42 Å². The van der Waals surface area contributed by atoms with Gasteiger partial charge in [0.1, 0.15) is 10.9 Å². The number of hydrogen-bond acceptors (Lipinski definition) is 4. The van der Waals surface area contributed by atoms with Crippen LogP contribution in [-0.2, 0) is 34.3 Å². The molecule has 0 saturated heterocycles. The molecule has 0 fully saturated rings. The minimum absolute atomic E-state index is 0.0115. The Hall–Kier alpha value is -3.20. The number of nitrogens with two attached hydrogens (primary N) is 1. The minimum Gasteiger partial charge on any atom is -0.368 e. The molecule has 9 heteroatoms. The van der Waals surface area contributed by atoms with Crippen LogP contribution in [-0.4, -0.2) is 31.2 Å². The molecule has 0 aromatic heterocycles. The maximum atomic E-state index is 13.4. The molecule has 33 heavy (non-hydrogen) atoms. The number of halogens is 1. The number of sulfonamides is 1. The second-order valence-electron chi connectivity index (χ2n) is 7.78. The molecule has 0 saturated carbocycles. The summed E-state index contributed by atoms with van der Waals surface area (Å²) in [6, 6.07) is 19.8. The molecular weight excluding hydrogens is 462 g/mol. The van der Waals surface area contributed by atoms with Crippen molar-refractivity contribution in [1.29, 1.82) is 0 Å². The lowest BCUT2D eigenvalue weighted by molar-refractivity contribution is -0.122. The van der Waals surface area contributed by atoms with Gasteiger partial charge in [-0.3, -0.25) is 9.59 Å². The maximum Gasteiger partial charge on any atom is 0.254 e. The number of benzene rings is 3. The zero-order valence-corrected chi connectivity index (χ0v) is 19.1. The SMILES string of the molecule is NC(=O)[C@H]1Cc2ccccc2CN1C(=O)c1ccc(Cl)c(S(=O)(=O)NCc2ccccc2)c1. The summed E-state index contributed by atoms with van der Waals surface area (Å²) in [4.78, 5) is 26.6. The van der Waals surface area contributed by atoms with Crippen LogP contribution in [0.1, 0.15) is 27.0 Å². The molecule has 0 unspecified atom stereocenters. The molecule has 1 heterocycles. The number of fused-ring (bicyclic) bond motifs is 1. The average Bonchev–Trinajstić information content (AvgIpc) is 2.82. The zero-order chi connectivity index (χ0) is 23.6. The highest BCUT2D eigenvalue weighted by atomic mass is 35.5. The smallest absolute Gasteiger partial charge is 0.254 e. The molecule has 0 bridgehead atoms. The summed E-state index contributed by atoms with van der Waals surface area (Å²) in [5, 5.41) is -0.0115. The van der Waals surface area contributed by atoms with Crippen molar-refractivity contribution in [3.8, 4) is 0 Å². The third-order valence-corrected chi connectivity index (χ3v) is 7.50. The fraction of sp³-hybridized carbons (Fsp3) is 0.167. The summed E-state index contributed by atoms with van der Waals surface area (Å²) >= 11 is 6.18. The van der Waals surface area contributed by atoms with Crippen molar-refractivity contribution in [2.45, 2.75) is 30.4 Å². The molecule has 3 aromatic carbocycles. The Balaban J connectivity index is 1.62. The molecule has 7 nitrogen and oxygen atoms in total. The van der Waals surface area contributed by atoms with Crippen molar-refractivity contribution in [3.05, 3.63) is 100 Å². The summed E-state index contributed by atoms with van der Waals surface area (Å²) in [7, 11) is -4.00. The van der Waals surface area contributed by atoms with Crippen molar-refractivity contribution in [2.24, 2.45) is 5.73 Å². The van der Waals surface area contributed by atoms with Crippen molar-refractivity contribution < 1.29 is 18.0 Å². The van der Waals surface area contributed by atoms with Gasteiger partial charge in [0.25, 0.3) is 5.91 Å². The Morgan fingerprint density at radius 1 is 1.00 bits per heavy atom. The Bertz CT molecular complexity index is 1310.